The molecule has 2 heterocycles. The molecule has 144 valence electrons. The molecule has 1 aromatic heterocycles. The van der Waals surface area contributed by atoms with E-state index in [1.165, 1.54) is 10.4 Å². The molecule has 2 atom stereocenters. The van der Waals surface area contributed by atoms with Crippen LogP contribution in [0.15, 0.2) is 77.7 Å². The molecule has 1 fully saturated rings. The van der Waals surface area contributed by atoms with E-state index in [0.717, 1.165) is 6.04 Å². The van der Waals surface area contributed by atoms with Crippen molar-refractivity contribution in [2.75, 3.05) is 11.5 Å². The Labute approximate surface area is 169 Å². The van der Waals surface area contributed by atoms with Crippen LogP contribution in [-0.4, -0.2) is 28.4 Å². The zero-order valence-electron chi connectivity index (χ0n) is 15.7. The van der Waals surface area contributed by atoms with Crippen molar-refractivity contribution >= 4 is 36.0 Å². The quantitative estimate of drug-likeness (QED) is 0.655. The van der Waals surface area contributed by atoms with Gasteiger partial charge in [0, 0.05) is 11.9 Å². The zero-order valence-corrected chi connectivity index (χ0v) is 17.5. The van der Waals surface area contributed by atoms with Gasteiger partial charge in [0.25, 0.3) is 0 Å². The standard InChI is InChI=1S/C21H23N3O2SSi/c1-2-28(16-9-5-3-6-10-16,17-11-7-4-8-12-17)21-26-19(15-27-21)24-14-13-18(22)23-20(24)25/h3-14,19,21H,2,15H2,1H3,(H2,22,23,25). The van der Waals surface area contributed by atoms with Crippen LogP contribution in [0.2, 0.25) is 6.04 Å². The van der Waals surface area contributed by atoms with E-state index in [-0.39, 0.29) is 22.8 Å². The lowest BCUT2D eigenvalue weighted by molar-refractivity contribution is 0.0434. The lowest BCUT2D eigenvalue weighted by Crippen LogP contribution is -2.65. The summed E-state index contributed by atoms with van der Waals surface area (Å²) in [5.74, 6) is 0.944. The first-order chi connectivity index (χ1) is 13.6. The molecule has 0 aliphatic carbocycles. The summed E-state index contributed by atoms with van der Waals surface area (Å²) in [6.07, 6.45) is 1.35. The second-order valence-electron chi connectivity index (χ2n) is 6.86. The number of hydrogen-bond acceptors (Lipinski definition) is 5. The smallest absolute Gasteiger partial charge is 0.351 e. The summed E-state index contributed by atoms with van der Waals surface area (Å²) >= 11 is 1.80. The number of nitrogen functional groups attached to an aromatic ring is 1. The summed E-state index contributed by atoms with van der Waals surface area (Å²) < 4.78 is 8.09. The molecule has 3 aromatic rings. The minimum Gasteiger partial charge on any atom is -0.383 e. The first kappa shape index (κ1) is 19.0. The summed E-state index contributed by atoms with van der Waals surface area (Å²) in [7, 11) is -2.21. The van der Waals surface area contributed by atoms with Crippen LogP contribution in [0.3, 0.4) is 0 Å². The van der Waals surface area contributed by atoms with Crippen molar-refractivity contribution in [3.63, 3.8) is 0 Å². The Hall–Kier alpha value is -2.35. The van der Waals surface area contributed by atoms with Crippen LogP contribution in [0.5, 0.6) is 0 Å². The molecule has 2 unspecified atom stereocenters. The van der Waals surface area contributed by atoms with Gasteiger partial charge in [-0.05, 0) is 12.1 Å². The topological polar surface area (TPSA) is 70.1 Å². The number of aromatic nitrogens is 2. The number of nitrogens with zero attached hydrogens (tertiary/aromatic N) is 2. The van der Waals surface area contributed by atoms with Gasteiger partial charge < -0.3 is 10.5 Å². The van der Waals surface area contributed by atoms with Gasteiger partial charge in [-0.3, -0.25) is 4.57 Å². The number of benzene rings is 2. The minimum atomic E-state index is -2.21. The summed E-state index contributed by atoms with van der Waals surface area (Å²) in [6, 6.07) is 24.0. The summed E-state index contributed by atoms with van der Waals surface area (Å²) in [6.45, 7) is 2.25. The summed E-state index contributed by atoms with van der Waals surface area (Å²) in [4.78, 5) is 16.1. The highest BCUT2D eigenvalue weighted by Crippen LogP contribution is 2.37. The van der Waals surface area contributed by atoms with E-state index >= 15 is 0 Å². The van der Waals surface area contributed by atoms with Crippen LogP contribution >= 0.6 is 11.8 Å². The van der Waals surface area contributed by atoms with Gasteiger partial charge in [0.2, 0.25) is 0 Å². The molecule has 0 radical (unpaired) electrons. The minimum absolute atomic E-state index is 0.0109. The molecule has 1 aliphatic rings. The van der Waals surface area contributed by atoms with Crippen LogP contribution < -0.4 is 21.8 Å². The van der Waals surface area contributed by atoms with Crippen molar-refractivity contribution in [1.82, 2.24) is 9.55 Å². The number of hydrogen-bond donors (Lipinski definition) is 1. The van der Waals surface area contributed by atoms with Crippen LogP contribution in [0.4, 0.5) is 5.82 Å². The molecular formula is C21H23N3O2SSi. The monoisotopic (exact) mass is 409 g/mol. The van der Waals surface area contributed by atoms with Crippen LogP contribution in [-0.2, 0) is 4.74 Å². The number of rotatable bonds is 5. The molecule has 7 heteroatoms. The van der Waals surface area contributed by atoms with Crippen LogP contribution in [0.1, 0.15) is 13.2 Å². The Bertz CT molecular complexity index is 958. The normalized spacial score (nSPS) is 19.6. The lowest BCUT2D eigenvalue weighted by atomic mass is 10.4. The van der Waals surface area contributed by atoms with Gasteiger partial charge in [0.1, 0.15) is 17.1 Å². The zero-order chi connectivity index (χ0) is 19.6. The van der Waals surface area contributed by atoms with E-state index in [2.05, 4.69) is 60.4 Å². The first-order valence-electron chi connectivity index (χ1n) is 9.38. The lowest BCUT2D eigenvalue weighted by Gasteiger charge is -2.36. The maximum Gasteiger partial charge on any atom is 0.351 e. The third kappa shape index (κ3) is 3.30. The highest BCUT2D eigenvalue weighted by Gasteiger charge is 2.48. The Kier molecular flexibility index (Phi) is 5.39. The Morgan fingerprint density at radius 1 is 1.11 bits per heavy atom. The van der Waals surface area contributed by atoms with E-state index in [0.29, 0.717) is 5.75 Å². The van der Waals surface area contributed by atoms with Crippen LogP contribution in [0, 0.1) is 0 Å². The molecule has 0 amide bonds. The fourth-order valence-corrected chi connectivity index (χ4v) is 11.4. The maximum absolute atomic E-state index is 12.3. The molecule has 0 spiro atoms. The highest BCUT2D eigenvalue weighted by atomic mass is 32.2. The SMILES string of the molecule is CC[Si](c1ccccc1)(c1ccccc1)C1OC(n2ccc(N)nc2=O)CS1. The van der Waals surface area contributed by atoms with Crippen LogP contribution in [0.25, 0.3) is 0 Å². The molecule has 28 heavy (non-hydrogen) atoms. The summed E-state index contributed by atoms with van der Waals surface area (Å²) in [5.41, 5.74) is 5.27. The van der Waals surface area contributed by atoms with E-state index in [9.17, 15) is 4.79 Å². The molecule has 0 bridgehead atoms. The number of ether oxygens (including phenoxy) is 1. The second kappa shape index (κ2) is 7.95. The average Bonchev–Trinajstić information content (AvgIpc) is 3.21. The molecule has 5 nitrogen and oxygen atoms in total. The molecule has 2 aromatic carbocycles. The van der Waals surface area contributed by atoms with Crippen molar-refractivity contribution in [3.05, 3.63) is 83.4 Å². The third-order valence-corrected chi connectivity index (χ3v) is 12.8. The number of anilines is 1. The molecule has 1 saturated heterocycles. The van der Waals surface area contributed by atoms with Gasteiger partial charge >= 0.3 is 5.69 Å². The first-order valence-corrected chi connectivity index (χ1v) is 12.7. The van der Waals surface area contributed by atoms with Gasteiger partial charge in [-0.15, -0.1) is 11.8 Å². The van der Waals surface area contributed by atoms with Crippen molar-refractivity contribution in [3.8, 4) is 0 Å². The third-order valence-electron chi connectivity index (χ3n) is 5.37. The Morgan fingerprint density at radius 3 is 2.25 bits per heavy atom. The molecule has 2 N–H and O–H groups in total. The molecule has 1 aliphatic heterocycles. The van der Waals surface area contributed by atoms with Crippen molar-refractivity contribution in [2.45, 2.75) is 24.3 Å². The fraction of sp³-hybridized carbons (Fsp3) is 0.238. The largest absolute Gasteiger partial charge is 0.383 e. The second-order valence-corrected chi connectivity index (χ2v) is 12.7. The van der Waals surface area contributed by atoms with Crippen molar-refractivity contribution < 1.29 is 4.74 Å². The average molecular weight is 410 g/mol. The number of thioether (sulfide) groups is 1. The number of nitrogens with two attached hydrogens (primary N) is 1. The van der Waals surface area contributed by atoms with Crippen molar-refractivity contribution in [2.24, 2.45) is 0 Å². The fourth-order valence-electron chi connectivity index (χ4n) is 3.93. The molecule has 0 saturated carbocycles. The molecular weight excluding hydrogens is 386 g/mol. The van der Waals surface area contributed by atoms with E-state index in [4.69, 9.17) is 10.5 Å². The van der Waals surface area contributed by atoms with E-state index in [1.807, 2.05) is 12.1 Å². The predicted molar refractivity (Wildman–Crippen MR) is 118 cm³/mol. The van der Waals surface area contributed by atoms with Gasteiger partial charge in [0.05, 0.1) is 0 Å². The summed E-state index contributed by atoms with van der Waals surface area (Å²) in [5, 5.41) is 2.71. The van der Waals surface area contributed by atoms with Gasteiger partial charge in [-0.2, -0.15) is 4.98 Å². The highest BCUT2D eigenvalue weighted by molar-refractivity contribution is 8.02. The van der Waals surface area contributed by atoms with Gasteiger partial charge in [-0.25, -0.2) is 4.79 Å². The maximum atomic E-state index is 12.3. The van der Waals surface area contributed by atoms with E-state index in [1.54, 1.807) is 28.6 Å². The van der Waals surface area contributed by atoms with Crippen molar-refractivity contribution in [1.29, 1.82) is 0 Å². The Morgan fingerprint density at radius 2 is 1.71 bits per heavy atom. The van der Waals surface area contributed by atoms with E-state index < -0.39 is 8.07 Å². The Balaban J connectivity index is 1.75. The van der Waals surface area contributed by atoms with Gasteiger partial charge in [-0.1, -0.05) is 78.0 Å². The predicted octanol–water partition coefficient (Wildman–Crippen LogP) is 2.24. The molecule has 4 rings (SSSR count). The van der Waals surface area contributed by atoms with Gasteiger partial charge in [0.15, 0.2) is 8.07 Å².